The van der Waals surface area contributed by atoms with E-state index in [2.05, 4.69) is 6.58 Å². The number of carboxylic acids is 3. The predicted molar refractivity (Wildman–Crippen MR) is 45.1 cm³/mol. The largest absolute Gasteiger partial charge is 1.00 e. The Morgan fingerprint density at radius 2 is 1.65 bits per heavy atom. The first-order chi connectivity index (χ1) is 6.81. The zero-order valence-electron chi connectivity index (χ0n) is 9.84. The summed E-state index contributed by atoms with van der Waals surface area (Å²) in [6.45, 7) is 2.96. The van der Waals surface area contributed by atoms with Gasteiger partial charge in [-0.2, -0.15) is 0 Å². The van der Waals surface area contributed by atoms with Gasteiger partial charge in [0.1, 0.15) is 0 Å². The van der Waals surface area contributed by atoms with Crippen LogP contribution in [0.15, 0.2) is 12.7 Å². The Balaban J connectivity index is -0.000000105. The molecule has 9 heteroatoms. The Morgan fingerprint density at radius 1 is 1.29 bits per heavy atom. The molecule has 7 nitrogen and oxygen atoms in total. The predicted octanol–water partition coefficient (Wildman–Crippen LogP) is -9.14. The molecule has 0 radical (unpaired) electrons. The molecule has 0 aliphatic heterocycles. The van der Waals surface area contributed by atoms with Crippen molar-refractivity contribution in [2.24, 2.45) is 5.73 Å². The van der Waals surface area contributed by atoms with E-state index in [-0.39, 0.29) is 116 Å². The molecule has 0 heterocycles. The van der Waals surface area contributed by atoms with Crippen LogP contribution in [0.2, 0.25) is 0 Å². The summed E-state index contributed by atoms with van der Waals surface area (Å²) in [5.74, 6) is -3.73. The first kappa shape index (κ1) is 26.9. The summed E-state index contributed by atoms with van der Waals surface area (Å²) in [6.07, 6.45) is 0.333. The SMILES string of the molecule is C=CC(=O)O.N[C@@H](CCC(=O)[O-])C(=O)[O-].[K+].[K+]. The van der Waals surface area contributed by atoms with Crippen LogP contribution in [-0.4, -0.2) is 29.1 Å². The maximum atomic E-state index is 9.86. The van der Waals surface area contributed by atoms with Crippen LogP contribution in [0.5, 0.6) is 0 Å². The van der Waals surface area contributed by atoms with Gasteiger partial charge in [-0.3, -0.25) is 0 Å². The molecule has 1 atom stereocenters. The number of aliphatic carboxylic acids is 3. The van der Waals surface area contributed by atoms with Gasteiger partial charge < -0.3 is 30.6 Å². The van der Waals surface area contributed by atoms with Crippen molar-refractivity contribution in [3.05, 3.63) is 12.7 Å². The molecule has 0 aromatic carbocycles. The molecule has 0 saturated heterocycles. The zero-order valence-corrected chi connectivity index (χ0v) is 16.1. The summed E-state index contributed by atoms with van der Waals surface area (Å²) < 4.78 is 0. The second-order valence-electron chi connectivity index (χ2n) is 2.38. The van der Waals surface area contributed by atoms with E-state index >= 15 is 0 Å². The number of nitrogens with two attached hydrogens (primary N) is 1. The van der Waals surface area contributed by atoms with E-state index in [0.29, 0.717) is 0 Å². The number of carbonyl (C=O) groups excluding carboxylic acids is 2. The number of rotatable bonds is 5. The summed E-state index contributed by atoms with van der Waals surface area (Å²) in [4.78, 5) is 28.9. The van der Waals surface area contributed by atoms with Crippen molar-refractivity contribution in [3.63, 3.8) is 0 Å². The molecule has 0 bridgehead atoms. The third-order valence-electron chi connectivity index (χ3n) is 1.14. The van der Waals surface area contributed by atoms with E-state index in [4.69, 9.17) is 10.8 Å². The smallest absolute Gasteiger partial charge is 0.550 e. The third-order valence-corrected chi connectivity index (χ3v) is 1.14. The Kier molecular flexibility index (Phi) is 27.5. The molecule has 0 fully saturated rings. The van der Waals surface area contributed by atoms with Crippen molar-refractivity contribution in [1.29, 1.82) is 0 Å². The molecule has 3 N–H and O–H groups in total. The summed E-state index contributed by atoms with van der Waals surface area (Å²) >= 11 is 0. The molecule has 0 rings (SSSR count). The Morgan fingerprint density at radius 3 is 1.82 bits per heavy atom. The maximum Gasteiger partial charge on any atom is 1.00 e. The molecular formula is C8H11K2NO6. The van der Waals surface area contributed by atoms with Crippen LogP contribution < -0.4 is 119 Å². The Hall–Kier alpha value is 1.38. The Bertz CT molecular complexity index is 258. The van der Waals surface area contributed by atoms with Gasteiger partial charge in [-0.25, -0.2) is 4.79 Å². The monoisotopic (exact) mass is 295 g/mol. The van der Waals surface area contributed by atoms with Gasteiger partial charge in [0.15, 0.2) is 0 Å². The van der Waals surface area contributed by atoms with Crippen molar-refractivity contribution in [1.82, 2.24) is 0 Å². The zero-order chi connectivity index (χ0) is 12.4. The van der Waals surface area contributed by atoms with Crippen LogP contribution in [0.25, 0.3) is 0 Å². The van der Waals surface area contributed by atoms with Gasteiger partial charge in [0, 0.05) is 18.1 Å². The molecule has 0 unspecified atom stereocenters. The minimum atomic E-state index is -1.44. The van der Waals surface area contributed by atoms with Crippen molar-refractivity contribution < 1.29 is 132 Å². The van der Waals surface area contributed by atoms with Gasteiger partial charge in [0.2, 0.25) is 0 Å². The fourth-order valence-electron chi connectivity index (χ4n) is 0.391. The summed E-state index contributed by atoms with van der Waals surface area (Å²) in [5, 5.41) is 27.2. The molecule has 0 spiro atoms. The molecule has 0 amide bonds. The van der Waals surface area contributed by atoms with Crippen LogP contribution in [0, 0.1) is 0 Å². The fraction of sp³-hybridized carbons (Fsp3) is 0.375. The molecule has 0 aromatic rings. The van der Waals surface area contributed by atoms with E-state index in [0.717, 1.165) is 6.08 Å². The van der Waals surface area contributed by atoms with Crippen LogP contribution in [-0.2, 0) is 14.4 Å². The minimum Gasteiger partial charge on any atom is -0.550 e. The van der Waals surface area contributed by atoms with Gasteiger partial charge in [0.05, 0.1) is 5.97 Å². The second kappa shape index (κ2) is 17.4. The molecule has 86 valence electrons. The molecule has 0 aromatic heterocycles. The second-order valence-corrected chi connectivity index (χ2v) is 2.38. The normalized spacial score (nSPS) is 9.24. The van der Waals surface area contributed by atoms with Gasteiger partial charge in [-0.1, -0.05) is 6.58 Å². The standard InChI is InChI=1S/C5H9NO4.C3H4O2.2K/c6-3(5(9)10)1-2-4(7)8;1-2-3(4)5;;/h3H,1-2,6H2,(H,7,8)(H,9,10);2H,1H2,(H,4,5);;/q;;2*+1/p-2/t3-;;;/m0.../s1. The first-order valence-corrected chi connectivity index (χ1v) is 3.82. The maximum absolute atomic E-state index is 9.86. The fourth-order valence-corrected chi connectivity index (χ4v) is 0.391. The summed E-state index contributed by atoms with van der Waals surface area (Å²) in [5.41, 5.74) is 4.91. The third kappa shape index (κ3) is 26.8. The van der Waals surface area contributed by atoms with Gasteiger partial charge >= 0.3 is 109 Å². The van der Waals surface area contributed by atoms with E-state index in [9.17, 15) is 24.6 Å². The van der Waals surface area contributed by atoms with Crippen molar-refractivity contribution in [2.75, 3.05) is 0 Å². The van der Waals surface area contributed by atoms with Crippen LogP contribution in [0.1, 0.15) is 12.8 Å². The first-order valence-electron chi connectivity index (χ1n) is 3.82. The van der Waals surface area contributed by atoms with Crippen LogP contribution in [0.3, 0.4) is 0 Å². The molecule has 0 aliphatic carbocycles. The van der Waals surface area contributed by atoms with Gasteiger partial charge in [-0.05, 0) is 12.8 Å². The van der Waals surface area contributed by atoms with E-state index in [1.807, 2.05) is 0 Å². The van der Waals surface area contributed by atoms with Crippen molar-refractivity contribution in [2.45, 2.75) is 18.9 Å². The molecule has 0 aliphatic rings. The summed E-state index contributed by atoms with van der Waals surface area (Å²) in [6, 6.07) is -1.21. The van der Waals surface area contributed by atoms with Crippen molar-refractivity contribution >= 4 is 17.9 Å². The Labute approximate surface area is 184 Å². The van der Waals surface area contributed by atoms with E-state index in [1.165, 1.54) is 0 Å². The average molecular weight is 295 g/mol. The van der Waals surface area contributed by atoms with E-state index < -0.39 is 23.9 Å². The average Bonchev–Trinajstić information content (AvgIpc) is 2.14. The number of carboxylic acid groups (broad SMARTS) is 3. The topological polar surface area (TPSA) is 144 Å². The molecular weight excluding hydrogens is 284 g/mol. The van der Waals surface area contributed by atoms with Gasteiger partial charge in [-0.15, -0.1) is 0 Å². The number of carbonyl (C=O) groups is 3. The van der Waals surface area contributed by atoms with Crippen LogP contribution in [0.4, 0.5) is 0 Å². The minimum absolute atomic E-state index is 0. The quantitative estimate of drug-likeness (QED) is 0.378. The van der Waals surface area contributed by atoms with Crippen LogP contribution >= 0.6 is 0 Å². The number of hydrogen-bond donors (Lipinski definition) is 2. The molecule has 0 saturated carbocycles. The van der Waals surface area contributed by atoms with Gasteiger partial charge in [0.25, 0.3) is 0 Å². The van der Waals surface area contributed by atoms with E-state index in [1.54, 1.807) is 0 Å². The van der Waals surface area contributed by atoms with Crippen molar-refractivity contribution in [3.8, 4) is 0 Å². The number of hydrogen-bond acceptors (Lipinski definition) is 6. The summed E-state index contributed by atoms with van der Waals surface area (Å²) in [7, 11) is 0. The molecule has 17 heavy (non-hydrogen) atoms.